The molecule has 0 fully saturated rings. The minimum absolute atomic E-state index is 0.123. The third-order valence-corrected chi connectivity index (χ3v) is 2.50. The summed E-state index contributed by atoms with van der Waals surface area (Å²) < 4.78 is 9.93. The fourth-order valence-corrected chi connectivity index (χ4v) is 1.44. The molecule has 1 rings (SSSR count). The summed E-state index contributed by atoms with van der Waals surface area (Å²) in [7, 11) is 1.52. The molecule has 0 aliphatic rings. The first-order chi connectivity index (χ1) is 8.56. The van der Waals surface area contributed by atoms with Gasteiger partial charge in [-0.15, -0.1) is 0 Å². The number of carbonyl (C=O) groups is 2. The van der Waals surface area contributed by atoms with Crippen LogP contribution in [0.1, 0.15) is 17.5 Å². The van der Waals surface area contributed by atoms with E-state index < -0.39 is 11.9 Å². The molecule has 0 saturated heterocycles. The number of aliphatic carboxylic acids is 1. The molecule has 0 aliphatic heterocycles. The monoisotopic (exact) mass is 255 g/mol. The summed E-state index contributed by atoms with van der Waals surface area (Å²) >= 11 is 0. The van der Waals surface area contributed by atoms with Crippen molar-refractivity contribution in [1.29, 1.82) is 0 Å². The van der Waals surface area contributed by atoms with Crippen LogP contribution in [0.15, 0.2) is 22.8 Å². The Morgan fingerprint density at radius 2 is 2.28 bits per heavy atom. The fourth-order valence-electron chi connectivity index (χ4n) is 1.44. The zero-order valence-corrected chi connectivity index (χ0v) is 10.5. The van der Waals surface area contributed by atoms with E-state index in [-0.39, 0.29) is 18.2 Å². The summed E-state index contributed by atoms with van der Waals surface area (Å²) in [5, 5.41) is 8.88. The molecular weight excluding hydrogens is 238 g/mol. The number of hydrogen-bond acceptors (Lipinski definition) is 4. The van der Waals surface area contributed by atoms with E-state index in [1.807, 2.05) is 0 Å². The van der Waals surface area contributed by atoms with Gasteiger partial charge in [0.15, 0.2) is 5.76 Å². The van der Waals surface area contributed by atoms with Crippen LogP contribution < -0.4 is 0 Å². The largest absolute Gasteiger partial charge is 0.481 e. The highest BCUT2D eigenvalue weighted by Gasteiger charge is 2.22. The average Bonchev–Trinajstić information content (AvgIpc) is 2.86. The third-order valence-electron chi connectivity index (χ3n) is 2.50. The van der Waals surface area contributed by atoms with Gasteiger partial charge in [-0.25, -0.2) is 0 Å². The van der Waals surface area contributed by atoms with Gasteiger partial charge in [0.2, 0.25) is 0 Å². The van der Waals surface area contributed by atoms with Crippen LogP contribution in [0.3, 0.4) is 0 Å². The van der Waals surface area contributed by atoms with Gasteiger partial charge in [0.25, 0.3) is 5.91 Å². The number of rotatable bonds is 7. The van der Waals surface area contributed by atoms with Crippen LogP contribution in [0.4, 0.5) is 0 Å². The third kappa shape index (κ3) is 3.89. The molecule has 1 heterocycles. The molecule has 18 heavy (non-hydrogen) atoms. The SMILES string of the molecule is COCCN(CC(C)C(=O)O)C(=O)c1ccco1. The van der Waals surface area contributed by atoms with Gasteiger partial charge in [-0.3, -0.25) is 9.59 Å². The van der Waals surface area contributed by atoms with E-state index in [4.69, 9.17) is 14.3 Å². The van der Waals surface area contributed by atoms with Crippen molar-refractivity contribution in [2.45, 2.75) is 6.92 Å². The molecule has 0 aliphatic carbocycles. The molecule has 1 unspecified atom stereocenters. The Kier molecular flexibility index (Phi) is 5.38. The van der Waals surface area contributed by atoms with Crippen molar-refractivity contribution in [3.05, 3.63) is 24.2 Å². The van der Waals surface area contributed by atoms with Gasteiger partial charge in [0.1, 0.15) is 0 Å². The summed E-state index contributed by atoms with van der Waals surface area (Å²) in [4.78, 5) is 24.3. The van der Waals surface area contributed by atoms with E-state index >= 15 is 0 Å². The Labute approximate surface area is 105 Å². The Hall–Kier alpha value is -1.82. The lowest BCUT2D eigenvalue weighted by Crippen LogP contribution is -2.38. The lowest BCUT2D eigenvalue weighted by atomic mass is 10.1. The number of carboxylic acids is 1. The van der Waals surface area contributed by atoms with Crippen molar-refractivity contribution >= 4 is 11.9 Å². The topological polar surface area (TPSA) is 80.0 Å². The van der Waals surface area contributed by atoms with E-state index in [0.29, 0.717) is 13.2 Å². The van der Waals surface area contributed by atoms with E-state index in [1.165, 1.54) is 18.3 Å². The number of ether oxygens (including phenoxy) is 1. The lowest BCUT2D eigenvalue weighted by molar-refractivity contribution is -0.141. The van der Waals surface area contributed by atoms with Gasteiger partial charge < -0.3 is 19.2 Å². The van der Waals surface area contributed by atoms with Crippen LogP contribution in [0.5, 0.6) is 0 Å². The summed E-state index contributed by atoms with van der Waals surface area (Å²) in [5.74, 6) is -1.71. The summed E-state index contributed by atoms with van der Waals surface area (Å²) in [6.45, 7) is 2.35. The summed E-state index contributed by atoms with van der Waals surface area (Å²) in [6.07, 6.45) is 1.41. The predicted molar refractivity (Wildman–Crippen MR) is 63.3 cm³/mol. The molecule has 1 aromatic heterocycles. The quantitative estimate of drug-likeness (QED) is 0.788. The van der Waals surface area contributed by atoms with Crippen molar-refractivity contribution in [1.82, 2.24) is 4.90 Å². The van der Waals surface area contributed by atoms with Gasteiger partial charge in [0, 0.05) is 20.2 Å². The molecule has 0 saturated carbocycles. The normalized spacial score (nSPS) is 12.1. The standard InChI is InChI=1S/C12H17NO5/c1-9(12(15)16)8-13(5-7-17-2)11(14)10-4-3-6-18-10/h3-4,6,9H,5,7-8H2,1-2H3,(H,15,16). The van der Waals surface area contributed by atoms with E-state index in [9.17, 15) is 9.59 Å². The second kappa shape index (κ2) is 6.80. The lowest BCUT2D eigenvalue weighted by Gasteiger charge is -2.23. The Bertz CT molecular complexity index is 387. The number of methoxy groups -OCH3 is 1. The van der Waals surface area contributed by atoms with E-state index in [1.54, 1.807) is 19.1 Å². The highest BCUT2D eigenvalue weighted by molar-refractivity contribution is 5.91. The minimum atomic E-state index is -0.940. The first-order valence-corrected chi connectivity index (χ1v) is 5.60. The molecule has 1 N–H and O–H groups in total. The van der Waals surface area contributed by atoms with Gasteiger partial charge in [-0.2, -0.15) is 0 Å². The van der Waals surface area contributed by atoms with Gasteiger partial charge >= 0.3 is 5.97 Å². The van der Waals surface area contributed by atoms with Crippen LogP contribution in [0.25, 0.3) is 0 Å². The highest BCUT2D eigenvalue weighted by Crippen LogP contribution is 2.08. The van der Waals surface area contributed by atoms with Crippen molar-refractivity contribution in [2.24, 2.45) is 5.92 Å². The van der Waals surface area contributed by atoms with E-state index in [0.717, 1.165) is 0 Å². The molecule has 6 nitrogen and oxygen atoms in total. The molecule has 0 aromatic carbocycles. The highest BCUT2D eigenvalue weighted by atomic mass is 16.5. The molecule has 1 aromatic rings. The first-order valence-electron chi connectivity index (χ1n) is 5.60. The zero-order chi connectivity index (χ0) is 13.5. The molecule has 0 bridgehead atoms. The number of furan rings is 1. The van der Waals surface area contributed by atoms with Crippen molar-refractivity contribution in [3.8, 4) is 0 Å². The Balaban J connectivity index is 2.71. The maximum absolute atomic E-state index is 12.1. The maximum atomic E-state index is 12.1. The first kappa shape index (κ1) is 14.2. The molecule has 100 valence electrons. The number of amides is 1. The van der Waals surface area contributed by atoms with Crippen LogP contribution in [-0.4, -0.2) is 48.7 Å². The number of hydrogen-bond donors (Lipinski definition) is 1. The summed E-state index contributed by atoms with van der Waals surface area (Å²) in [6, 6.07) is 3.16. The number of carbonyl (C=O) groups excluding carboxylic acids is 1. The van der Waals surface area contributed by atoms with Crippen LogP contribution in [0.2, 0.25) is 0 Å². The van der Waals surface area contributed by atoms with Gasteiger partial charge in [-0.05, 0) is 12.1 Å². The smallest absolute Gasteiger partial charge is 0.308 e. The fraction of sp³-hybridized carbons (Fsp3) is 0.500. The minimum Gasteiger partial charge on any atom is -0.481 e. The zero-order valence-electron chi connectivity index (χ0n) is 10.5. The molecular formula is C12H17NO5. The van der Waals surface area contributed by atoms with Crippen molar-refractivity contribution in [3.63, 3.8) is 0 Å². The molecule has 0 spiro atoms. The van der Waals surface area contributed by atoms with Gasteiger partial charge in [0.05, 0.1) is 18.8 Å². The number of carboxylic acid groups (broad SMARTS) is 1. The predicted octanol–water partition coefficient (Wildman–Crippen LogP) is 1.09. The molecule has 0 radical (unpaired) electrons. The molecule has 1 atom stereocenters. The van der Waals surface area contributed by atoms with Crippen molar-refractivity contribution < 1.29 is 23.8 Å². The van der Waals surface area contributed by atoms with Crippen LogP contribution >= 0.6 is 0 Å². The maximum Gasteiger partial charge on any atom is 0.308 e. The second-order valence-corrected chi connectivity index (χ2v) is 3.96. The average molecular weight is 255 g/mol. The second-order valence-electron chi connectivity index (χ2n) is 3.96. The molecule has 6 heteroatoms. The van der Waals surface area contributed by atoms with Crippen molar-refractivity contribution in [2.75, 3.05) is 26.8 Å². The Morgan fingerprint density at radius 3 is 2.78 bits per heavy atom. The molecule has 1 amide bonds. The Morgan fingerprint density at radius 1 is 1.56 bits per heavy atom. The van der Waals surface area contributed by atoms with Crippen LogP contribution in [-0.2, 0) is 9.53 Å². The number of nitrogens with zero attached hydrogens (tertiary/aromatic N) is 1. The van der Waals surface area contributed by atoms with Crippen LogP contribution in [0, 0.1) is 5.92 Å². The summed E-state index contributed by atoms with van der Waals surface area (Å²) in [5.41, 5.74) is 0. The van der Waals surface area contributed by atoms with Gasteiger partial charge in [-0.1, -0.05) is 6.92 Å². The van der Waals surface area contributed by atoms with E-state index in [2.05, 4.69) is 0 Å².